The zero-order chi connectivity index (χ0) is 18.7. The lowest BCUT2D eigenvalue weighted by Crippen LogP contribution is -2.31. The van der Waals surface area contributed by atoms with Crippen LogP contribution in [0.2, 0.25) is 5.02 Å². The number of aryl methyl sites for hydroxylation is 5. The summed E-state index contributed by atoms with van der Waals surface area (Å²) in [6.07, 6.45) is 0. The van der Waals surface area contributed by atoms with Crippen LogP contribution < -0.4 is 10.1 Å². The first-order valence-corrected chi connectivity index (χ1v) is 8.83. The molecule has 0 aromatic heterocycles. The van der Waals surface area contributed by atoms with Gasteiger partial charge in [-0.3, -0.25) is 4.79 Å². The Kier molecular flexibility index (Phi) is 6.12. The third-order valence-electron chi connectivity index (χ3n) is 4.51. The molecule has 2 rings (SSSR count). The minimum Gasteiger partial charge on any atom is -0.484 e. The summed E-state index contributed by atoms with van der Waals surface area (Å²) in [6, 6.07) is 7.92. The van der Waals surface area contributed by atoms with Crippen molar-refractivity contribution in [2.45, 2.75) is 47.6 Å². The summed E-state index contributed by atoms with van der Waals surface area (Å²) in [4.78, 5) is 12.2. The number of ether oxygens (including phenoxy) is 1. The number of rotatable bonds is 5. The quantitative estimate of drug-likeness (QED) is 0.802. The highest BCUT2D eigenvalue weighted by Gasteiger charge is 2.14. The van der Waals surface area contributed by atoms with Gasteiger partial charge in [0.05, 0.1) is 6.04 Å². The van der Waals surface area contributed by atoms with Gasteiger partial charge in [0.15, 0.2) is 6.61 Å². The maximum absolute atomic E-state index is 12.2. The molecule has 0 saturated carbocycles. The van der Waals surface area contributed by atoms with Gasteiger partial charge in [-0.15, -0.1) is 0 Å². The van der Waals surface area contributed by atoms with Crippen LogP contribution >= 0.6 is 11.6 Å². The zero-order valence-corrected chi connectivity index (χ0v) is 16.5. The Morgan fingerprint density at radius 1 is 0.960 bits per heavy atom. The molecule has 0 unspecified atom stereocenters. The number of carbonyl (C=O) groups excluding carboxylic acids is 1. The molecule has 0 radical (unpaired) electrons. The minimum absolute atomic E-state index is 0.0191. The monoisotopic (exact) mass is 359 g/mol. The molecule has 0 aliphatic carbocycles. The van der Waals surface area contributed by atoms with E-state index in [1.165, 1.54) is 16.7 Å². The lowest BCUT2D eigenvalue weighted by Gasteiger charge is -2.19. The third-order valence-corrected chi connectivity index (χ3v) is 5.10. The molecule has 0 bridgehead atoms. The average molecular weight is 360 g/mol. The third kappa shape index (κ3) is 4.76. The second-order valence-electron chi connectivity index (χ2n) is 6.74. The molecular formula is C21H26ClNO2. The first-order chi connectivity index (χ1) is 11.7. The number of hydrogen-bond acceptors (Lipinski definition) is 2. The SMILES string of the molecule is Cc1cc(C)c([C@H](C)NC(=O)COc2cc(C)c(Cl)c(C)c2)cc1C. The van der Waals surface area contributed by atoms with Crippen molar-refractivity contribution < 1.29 is 9.53 Å². The largest absolute Gasteiger partial charge is 0.484 e. The number of amides is 1. The molecule has 2 aromatic rings. The van der Waals surface area contributed by atoms with Crippen molar-refractivity contribution in [2.75, 3.05) is 6.61 Å². The van der Waals surface area contributed by atoms with Gasteiger partial charge in [-0.05, 0) is 87.1 Å². The lowest BCUT2D eigenvalue weighted by molar-refractivity contribution is -0.123. The molecule has 0 heterocycles. The van der Waals surface area contributed by atoms with Crippen LogP contribution in [-0.4, -0.2) is 12.5 Å². The van der Waals surface area contributed by atoms with Crippen LogP contribution in [0.4, 0.5) is 0 Å². The van der Waals surface area contributed by atoms with E-state index in [-0.39, 0.29) is 18.6 Å². The van der Waals surface area contributed by atoms with Crippen LogP contribution in [0.15, 0.2) is 24.3 Å². The zero-order valence-electron chi connectivity index (χ0n) is 15.8. The fourth-order valence-electron chi connectivity index (χ4n) is 2.95. The van der Waals surface area contributed by atoms with Gasteiger partial charge in [-0.1, -0.05) is 23.7 Å². The standard InChI is InChI=1S/C21H26ClNO2/c1-12-7-14(3)19(10-13(12)2)17(6)23-20(24)11-25-18-8-15(4)21(22)16(5)9-18/h7-10,17H,11H2,1-6H3,(H,23,24)/t17-/m0/s1. The maximum atomic E-state index is 12.2. The van der Waals surface area contributed by atoms with Gasteiger partial charge in [0.25, 0.3) is 5.91 Å². The van der Waals surface area contributed by atoms with Gasteiger partial charge in [0.1, 0.15) is 5.75 Å². The second kappa shape index (κ2) is 7.92. The molecule has 25 heavy (non-hydrogen) atoms. The van der Waals surface area contributed by atoms with E-state index in [0.717, 1.165) is 21.7 Å². The Morgan fingerprint density at radius 2 is 1.52 bits per heavy atom. The molecular weight excluding hydrogens is 334 g/mol. The van der Waals surface area contributed by atoms with E-state index in [0.29, 0.717) is 5.75 Å². The van der Waals surface area contributed by atoms with Crippen LogP contribution in [0.25, 0.3) is 0 Å². The van der Waals surface area contributed by atoms with Crippen molar-refractivity contribution in [3.63, 3.8) is 0 Å². The number of benzene rings is 2. The van der Waals surface area contributed by atoms with Crippen molar-refractivity contribution in [1.29, 1.82) is 0 Å². The van der Waals surface area contributed by atoms with Crippen LogP contribution in [0, 0.1) is 34.6 Å². The van der Waals surface area contributed by atoms with Crippen molar-refractivity contribution in [1.82, 2.24) is 5.32 Å². The van der Waals surface area contributed by atoms with Crippen LogP contribution in [0.1, 0.15) is 46.3 Å². The van der Waals surface area contributed by atoms with E-state index in [1.807, 2.05) is 32.9 Å². The maximum Gasteiger partial charge on any atom is 0.258 e. The van der Waals surface area contributed by atoms with Gasteiger partial charge >= 0.3 is 0 Å². The van der Waals surface area contributed by atoms with Gasteiger partial charge in [-0.25, -0.2) is 0 Å². The molecule has 1 N–H and O–H groups in total. The number of hydrogen-bond donors (Lipinski definition) is 1. The molecule has 4 heteroatoms. The van der Waals surface area contributed by atoms with Gasteiger partial charge in [-0.2, -0.15) is 0 Å². The highest BCUT2D eigenvalue weighted by atomic mass is 35.5. The summed E-state index contributed by atoms with van der Waals surface area (Å²) in [5, 5.41) is 3.74. The number of nitrogens with one attached hydrogen (secondary N) is 1. The predicted octanol–water partition coefficient (Wildman–Crippen LogP) is 5.14. The average Bonchev–Trinajstić information content (AvgIpc) is 2.53. The second-order valence-corrected chi connectivity index (χ2v) is 7.12. The normalized spacial score (nSPS) is 12.0. The summed E-state index contributed by atoms with van der Waals surface area (Å²) < 4.78 is 5.62. The van der Waals surface area contributed by atoms with Crippen molar-refractivity contribution in [3.8, 4) is 5.75 Å². The molecule has 2 aromatic carbocycles. The molecule has 0 aliphatic rings. The molecule has 134 valence electrons. The highest BCUT2D eigenvalue weighted by molar-refractivity contribution is 6.32. The van der Waals surface area contributed by atoms with Crippen molar-refractivity contribution in [3.05, 3.63) is 62.7 Å². The molecule has 3 nitrogen and oxygen atoms in total. The first kappa shape index (κ1) is 19.3. The Labute approximate surface area is 155 Å². The van der Waals surface area contributed by atoms with Gasteiger partial charge < -0.3 is 10.1 Å². The van der Waals surface area contributed by atoms with E-state index < -0.39 is 0 Å². The summed E-state index contributed by atoms with van der Waals surface area (Å²) in [5.74, 6) is 0.514. The van der Waals surface area contributed by atoms with Gasteiger partial charge in [0.2, 0.25) is 0 Å². The smallest absolute Gasteiger partial charge is 0.258 e. The van der Waals surface area contributed by atoms with Crippen molar-refractivity contribution in [2.24, 2.45) is 0 Å². The number of halogens is 1. The van der Waals surface area contributed by atoms with E-state index in [9.17, 15) is 4.79 Å². The number of carbonyl (C=O) groups is 1. The topological polar surface area (TPSA) is 38.3 Å². The van der Waals surface area contributed by atoms with Gasteiger partial charge in [0, 0.05) is 5.02 Å². The van der Waals surface area contributed by atoms with E-state index in [4.69, 9.17) is 16.3 Å². The summed E-state index contributed by atoms with van der Waals surface area (Å²) in [6.45, 7) is 12.1. The Morgan fingerprint density at radius 3 is 2.12 bits per heavy atom. The van der Waals surface area contributed by atoms with Crippen LogP contribution in [-0.2, 0) is 4.79 Å². The highest BCUT2D eigenvalue weighted by Crippen LogP contribution is 2.26. The summed E-state index contributed by atoms with van der Waals surface area (Å²) >= 11 is 6.15. The Hall–Kier alpha value is -2.00. The van der Waals surface area contributed by atoms with Crippen LogP contribution in [0.5, 0.6) is 5.75 Å². The lowest BCUT2D eigenvalue weighted by atomic mass is 9.96. The molecule has 0 saturated heterocycles. The van der Waals surface area contributed by atoms with Crippen LogP contribution in [0.3, 0.4) is 0 Å². The van der Waals surface area contributed by atoms with E-state index in [1.54, 1.807) is 0 Å². The Balaban J connectivity index is 1.99. The molecule has 1 amide bonds. The van der Waals surface area contributed by atoms with E-state index in [2.05, 4.69) is 38.2 Å². The fourth-order valence-corrected chi connectivity index (χ4v) is 3.06. The van der Waals surface area contributed by atoms with Crippen molar-refractivity contribution >= 4 is 17.5 Å². The fraction of sp³-hybridized carbons (Fsp3) is 0.381. The Bertz CT molecular complexity index is 776. The molecule has 0 fully saturated rings. The summed E-state index contributed by atoms with van der Waals surface area (Å²) in [7, 11) is 0. The molecule has 0 spiro atoms. The van der Waals surface area contributed by atoms with E-state index >= 15 is 0 Å². The molecule has 1 atom stereocenters. The minimum atomic E-state index is -0.143. The summed E-state index contributed by atoms with van der Waals surface area (Å²) in [5.41, 5.74) is 6.68. The first-order valence-electron chi connectivity index (χ1n) is 8.45. The predicted molar refractivity (Wildman–Crippen MR) is 104 cm³/mol. The molecule has 0 aliphatic heterocycles.